The molecule has 0 aromatic rings. The maximum atomic E-state index is 5.29. The summed E-state index contributed by atoms with van der Waals surface area (Å²) in [6.45, 7) is 6.56. The topological polar surface area (TPSA) is 9.23 Å². The largest absolute Gasteiger partial charge is 0.381 e. The van der Waals surface area contributed by atoms with Crippen LogP contribution in [0.3, 0.4) is 0 Å². The number of methoxy groups -OCH3 is 1. The first-order valence-corrected chi connectivity index (χ1v) is 5.38. The molecule has 0 aromatic carbocycles. The molecule has 0 aliphatic carbocycles. The number of halogens is 1. The maximum absolute atomic E-state index is 5.29. The molecule has 0 aliphatic heterocycles. The Bertz CT molecular complexity index is 134. The summed E-state index contributed by atoms with van der Waals surface area (Å²) in [6.07, 6.45) is 3.69. The SMILES string of the molecule is CCC(/C=C/Br)[C@@H](C)[C@H](C)OC. The second kappa shape index (κ2) is 6.67. The molecule has 1 nitrogen and oxygen atoms in total. The maximum Gasteiger partial charge on any atom is 0.0574 e. The average Bonchev–Trinajstić information content (AvgIpc) is 2.11. The van der Waals surface area contributed by atoms with Crippen molar-refractivity contribution in [1.82, 2.24) is 0 Å². The minimum atomic E-state index is 0.332. The highest BCUT2D eigenvalue weighted by Gasteiger charge is 2.18. The van der Waals surface area contributed by atoms with Crippen molar-refractivity contribution in [1.29, 1.82) is 0 Å². The quantitative estimate of drug-likeness (QED) is 0.707. The van der Waals surface area contributed by atoms with Gasteiger partial charge in [-0.15, -0.1) is 0 Å². The zero-order chi connectivity index (χ0) is 9.56. The van der Waals surface area contributed by atoms with Crippen LogP contribution in [0.2, 0.25) is 0 Å². The molecule has 0 rings (SSSR count). The Morgan fingerprint density at radius 2 is 2.00 bits per heavy atom. The van der Waals surface area contributed by atoms with Gasteiger partial charge in [-0.3, -0.25) is 0 Å². The van der Waals surface area contributed by atoms with Gasteiger partial charge in [0.2, 0.25) is 0 Å². The molecular formula is C10H19BrO. The number of hydrogen-bond donors (Lipinski definition) is 0. The first kappa shape index (κ1) is 12.2. The molecule has 0 spiro atoms. The normalized spacial score (nSPS) is 19.4. The van der Waals surface area contributed by atoms with E-state index < -0.39 is 0 Å². The van der Waals surface area contributed by atoms with Crippen LogP contribution in [-0.4, -0.2) is 13.2 Å². The monoisotopic (exact) mass is 234 g/mol. The predicted octanol–water partition coefficient (Wildman–Crippen LogP) is 3.59. The van der Waals surface area contributed by atoms with E-state index in [1.54, 1.807) is 7.11 Å². The van der Waals surface area contributed by atoms with E-state index in [1.807, 2.05) is 4.99 Å². The number of ether oxygens (including phenoxy) is 1. The van der Waals surface area contributed by atoms with Crippen molar-refractivity contribution in [3.63, 3.8) is 0 Å². The van der Waals surface area contributed by atoms with E-state index in [-0.39, 0.29) is 0 Å². The van der Waals surface area contributed by atoms with Gasteiger partial charge in [-0.2, -0.15) is 0 Å². The van der Waals surface area contributed by atoms with Crippen LogP contribution < -0.4 is 0 Å². The van der Waals surface area contributed by atoms with Crippen molar-refractivity contribution in [2.24, 2.45) is 11.8 Å². The van der Waals surface area contributed by atoms with Gasteiger partial charge in [0, 0.05) is 7.11 Å². The molecule has 0 fully saturated rings. The van der Waals surface area contributed by atoms with Gasteiger partial charge in [-0.25, -0.2) is 0 Å². The molecule has 72 valence electrons. The van der Waals surface area contributed by atoms with Gasteiger partial charge in [0.05, 0.1) is 6.10 Å². The molecule has 0 aromatic heterocycles. The van der Waals surface area contributed by atoms with Crippen LogP contribution in [0.5, 0.6) is 0 Å². The minimum absolute atomic E-state index is 0.332. The lowest BCUT2D eigenvalue weighted by atomic mass is 9.88. The zero-order valence-corrected chi connectivity index (χ0v) is 9.97. The fraction of sp³-hybridized carbons (Fsp3) is 0.800. The summed E-state index contributed by atoms with van der Waals surface area (Å²) in [5, 5.41) is 0. The smallest absolute Gasteiger partial charge is 0.0574 e. The highest BCUT2D eigenvalue weighted by atomic mass is 79.9. The van der Waals surface area contributed by atoms with Crippen LogP contribution in [0.4, 0.5) is 0 Å². The molecule has 2 heteroatoms. The summed E-state index contributed by atoms with van der Waals surface area (Å²) in [5.74, 6) is 1.19. The van der Waals surface area contributed by atoms with Crippen LogP contribution >= 0.6 is 15.9 Å². The predicted molar refractivity (Wildman–Crippen MR) is 57.5 cm³/mol. The van der Waals surface area contributed by atoms with Crippen molar-refractivity contribution in [2.45, 2.75) is 33.3 Å². The molecule has 3 atom stereocenters. The lowest BCUT2D eigenvalue weighted by Crippen LogP contribution is -2.23. The van der Waals surface area contributed by atoms with E-state index in [9.17, 15) is 0 Å². The fourth-order valence-corrected chi connectivity index (χ4v) is 1.73. The van der Waals surface area contributed by atoms with E-state index in [0.717, 1.165) is 6.42 Å². The molecular weight excluding hydrogens is 216 g/mol. The number of allylic oxidation sites excluding steroid dienone is 1. The first-order valence-electron chi connectivity index (χ1n) is 4.47. The van der Waals surface area contributed by atoms with Crippen molar-refractivity contribution >= 4 is 15.9 Å². The molecule has 12 heavy (non-hydrogen) atoms. The lowest BCUT2D eigenvalue weighted by Gasteiger charge is -2.24. The summed E-state index contributed by atoms with van der Waals surface area (Å²) in [4.78, 5) is 1.94. The second-order valence-corrected chi connectivity index (χ2v) is 3.72. The zero-order valence-electron chi connectivity index (χ0n) is 8.38. The summed E-state index contributed by atoms with van der Waals surface area (Å²) in [7, 11) is 1.77. The standard InChI is InChI=1S/C10H19BrO/c1-5-10(6-7-11)8(2)9(3)12-4/h6-10H,5H2,1-4H3/b7-6+/t8-,9-,10?/m0/s1. The van der Waals surface area contributed by atoms with E-state index in [0.29, 0.717) is 17.9 Å². The van der Waals surface area contributed by atoms with Gasteiger partial charge >= 0.3 is 0 Å². The van der Waals surface area contributed by atoms with Gasteiger partial charge in [0.25, 0.3) is 0 Å². The van der Waals surface area contributed by atoms with Gasteiger partial charge in [0.15, 0.2) is 0 Å². The van der Waals surface area contributed by atoms with Crippen molar-refractivity contribution < 1.29 is 4.74 Å². The van der Waals surface area contributed by atoms with Crippen LogP contribution in [0, 0.1) is 11.8 Å². The van der Waals surface area contributed by atoms with Crippen molar-refractivity contribution in [3.05, 3.63) is 11.1 Å². The van der Waals surface area contributed by atoms with Crippen molar-refractivity contribution in [2.75, 3.05) is 7.11 Å². The fourth-order valence-electron chi connectivity index (χ4n) is 1.34. The lowest BCUT2D eigenvalue weighted by molar-refractivity contribution is 0.0567. The molecule has 1 unspecified atom stereocenters. The van der Waals surface area contributed by atoms with E-state index >= 15 is 0 Å². The Balaban J connectivity index is 4.10. The summed E-state index contributed by atoms with van der Waals surface area (Å²) >= 11 is 3.31. The third kappa shape index (κ3) is 3.72. The Morgan fingerprint density at radius 1 is 1.42 bits per heavy atom. The molecule has 0 radical (unpaired) electrons. The Hall–Kier alpha value is 0.180. The summed E-state index contributed by atoms with van der Waals surface area (Å²) < 4.78 is 5.29. The van der Waals surface area contributed by atoms with E-state index in [4.69, 9.17) is 4.74 Å². The second-order valence-electron chi connectivity index (χ2n) is 3.19. The van der Waals surface area contributed by atoms with Gasteiger partial charge < -0.3 is 4.74 Å². The molecule has 0 N–H and O–H groups in total. The Morgan fingerprint density at radius 3 is 2.33 bits per heavy atom. The van der Waals surface area contributed by atoms with Crippen LogP contribution in [0.15, 0.2) is 11.1 Å². The van der Waals surface area contributed by atoms with E-state index in [1.165, 1.54) is 0 Å². The van der Waals surface area contributed by atoms with Crippen LogP contribution in [0.25, 0.3) is 0 Å². The molecule has 0 aliphatic rings. The third-order valence-electron chi connectivity index (χ3n) is 2.58. The minimum Gasteiger partial charge on any atom is -0.381 e. The van der Waals surface area contributed by atoms with Crippen molar-refractivity contribution in [3.8, 4) is 0 Å². The highest BCUT2D eigenvalue weighted by Crippen LogP contribution is 2.22. The van der Waals surface area contributed by atoms with Gasteiger partial charge in [0.1, 0.15) is 0 Å². The van der Waals surface area contributed by atoms with Gasteiger partial charge in [-0.05, 0) is 30.2 Å². The number of hydrogen-bond acceptors (Lipinski definition) is 1. The van der Waals surface area contributed by atoms with Gasteiger partial charge in [-0.1, -0.05) is 35.9 Å². The molecule has 0 saturated heterocycles. The molecule has 0 bridgehead atoms. The Labute approximate surface area is 84.3 Å². The average molecular weight is 235 g/mol. The third-order valence-corrected chi connectivity index (χ3v) is 2.88. The van der Waals surface area contributed by atoms with E-state index in [2.05, 4.69) is 42.8 Å². The summed E-state index contributed by atoms with van der Waals surface area (Å²) in [5.41, 5.74) is 0. The van der Waals surface area contributed by atoms with Crippen LogP contribution in [-0.2, 0) is 4.74 Å². The summed E-state index contributed by atoms with van der Waals surface area (Å²) in [6, 6.07) is 0. The molecule has 0 amide bonds. The highest BCUT2D eigenvalue weighted by molar-refractivity contribution is 9.11. The number of rotatable bonds is 5. The molecule has 0 saturated carbocycles. The first-order chi connectivity index (χ1) is 5.67. The van der Waals surface area contributed by atoms with Crippen LogP contribution in [0.1, 0.15) is 27.2 Å². The Kier molecular flexibility index (Phi) is 6.77. The molecule has 0 heterocycles.